The Morgan fingerprint density at radius 2 is 2.00 bits per heavy atom. The van der Waals surface area contributed by atoms with Crippen LogP contribution in [0.25, 0.3) is 0 Å². The highest BCUT2D eigenvalue weighted by Crippen LogP contribution is 2.46. The molecule has 2 aliphatic rings. The number of alkyl halides is 3. The maximum atomic E-state index is 13.4. The highest BCUT2D eigenvalue weighted by atomic mass is 19.4. The van der Waals surface area contributed by atoms with E-state index in [0.717, 1.165) is 6.07 Å². The van der Waals surface area contributed by atoms with Crippen molar-refractivity contribution in [2.45, 2.75) is 31.5 Å². The summed E-state index contributed by atoms with van der Waals surface area (Å²) in [5.74, 6) is -2.32. The predicted molar refractivity (Wildman–Crippen MR) is 79.3 cm³/mol. The standard InChI is InChI=1S/C17H13F3N2O3/c1-8-6-12(23)14-13(10(7-21)15(22)25-16(14)24-8)9-4-2-3-5-11(9)17(18,19)20/h2-5,8,13H,6,22H2,1H3/t8-,13-/m0/s1. The zero-order valence-electron chi connectivity index (χ0n) is 13.1. The molecular formula is C17H13F3N2O3. The number of nitrogens with two attached hydrogens (primary N) is 1. The lowest BCUT2D eigenvalue weighted by Gasteiger charge is -2.33. The monoisotopic (exact) mass is 350 g/mol. The number of nitrogens with zero attached hydrogens (tertiary/aromatic N) is 1. The number of ether oxygens (including phenoxy) is 2. The van der Waals surface area contributed by atoms with Gasteiger partial charge in [-0.2, -0.15) is 18.4 Å². The molecule has 0 radical (unpaired) electrons. The van der Waals surface area contributed by atoms with E-state index in [2.05, 4.69) is 0 Å². The molecule has 0 fully saturated rings. The fourth-order valence-corrected chi connectivity index (χ4v) is 3.01. The van der Waals surface area contributed by atoms with Crippen molar-refractivity contribution in [3.63, 3.8) is 0 Å². The fourth-order valence-electron chi connectivity index (χ4n) is 3.01. The first-order chi connectivity index (χ1) is 11.7. The van der Waals surface area contributed by atoms with Crippen LogP contribution in [0.4, 0.5) is 13.2 Å². The van der Waals surface area contributed by atoms with Crippen LogP contribution in [0.2, 0.25) is 0 Å². The summed E-state index contributed by atoms with van der Waals surface area (Å²) in [6, 6.07) is 6.53. The van der Waals surface area contributed by atoms with Crippen LogP contribution in [0.15, 0.2) is 47.2 Å². The molecule has 2 N–H and O–H groups in total. The minimum Gasteiger partial charge on any atom is -0.461 e. The van der Waals surface area contributed by atoms with E-state index >= 15 is 0 Å². The second kappa shape index (κ2) is 5.84. The Balaban J connectivity index is 2.26. The smallest absolute Gasteiger partial charge is 0.416 e. The van der Waals surface area contributed by atoms with Gasteiger partial charge in [-0.1, -0.05) is 18.2 Å². The molecule has 5 nitrogen and oxygen atoms in total. The third-order valence-corrected chi connectivity index (χ3v) is 4.04. The van der Waals surface area contributed by atoms with Gasteiger partial charge in [0.1, 0.15) is 17.7 Å². The number of halogens is 3. The van der Waals surface area contributed by atoms with E-state index in [1.54, 1.807) is 13.0 Å². The van der Waals surface area contributed by atoms with Crippen molar-refractivity contribution in [3.8, 4) is 6.07 Å². The van der Waals surface area contributed by atoms with E-state index in [4.69, 9.17) is 15.2 Å². The molecule has 0 aliphatic carbocycles. The maximum absolute atomic E-state index is 13.4. The maximum Gasteiger partial charge on any atom is 0.416 e. The van der Waals surface area contributed by atoms with E-state index in [-0.39, 0.29) is 35.0 Å². The van der Waals surface area contributed by atoms with Crippen molar-refractivity contribution in [2.75, 3.05) is 0 Å². The number of hydrogen-bond donors (Lipinski definition) is 1. The van der Waals surface area contributed by atoms with Crippen molar-refractivity contribution in [1.82, 2.24) is 0 Å². The normalized spacial score (nSPS) is 23.6. The average molecular weight is 350 g/mol. The first kappa shape index (κ1) is 16.9. The molecule has 25 heavy (non-hydrogen) atoms. The summed E-state index contributed by atoms with van der Waals surface area (Å²) in [6.45, 7) is 1.63. The summed E-state index contributed by atoms with van der Waals surface area (Å²) in [4.78, 5) is 12.5. The van der Waals surface area contributed by atoms with Crippen LogP contribution in [0, 0.1) is 11.3 Å². The molecule has 2 aliphatic heterocycles. The van der Waals surface area contributed by atoms with Crippen LogP contribution < -0.4 is 5.73 Å². The largest absolute Gasteiger partial charge is 0.461 e. The molecule has 2 heterocycles. The minimum absolute atomic E-state index is 0.0223. The van der Waals surface area contributed by atoms with Gasteiger partial charge in [-0.3, -0.25) is 4.79 Å². The summed E-state index contributed by atoms with van der Waals surface area (Å²) in [5.41, 5.74) is 4.16. The van der Waals surface area contributed by atoms with Crippen molar-refractivity contribution in [3.05, 3.63) is 58.4 Å². The first-order valence-corrected chi connectivity index (χ1v) is 7.41. The number of carbonyl (C=O) groups excluding carboxylic acids is 1. The molecule has 0 aromatic heterocycles. The van der Waals surface area contributed by atoms with Crippen LogP contribution in [0.1, 0.15) is 30.4 Å². The summed E-state index contributed by atoms with van der Waals surface area (Å²) in [7, 11) is 0. The van der Waals surface area contributed by atoms with Crippen molar-refractivity contribution >= 4 is 5.78 Å². The van der Waals surface area contributed by atoms with Crippen LogP contribution in [-0.2, 0) is 20.4 Å². The Morgan fingerprint density at radius 3 is 2.64 bits per heavy atom. The zero-order valence-corrected chi connectivity index (χ0v) is 13.1. The Kier molecular flexibility index (Phi) is 3.95. The second-order valence-electron chi connectivity index (χ2n) is 5.77. The van der Waals surface area contributed by atoms with Crippen molar-refractivity contribution in [1.29, 1.82) is 5.26 Å². The van der Waals surface area contributed by atoms with Gasteiger partial charge in [-0.15, -0.1) is 0 Å². The highest BCUT2D eigenvalue weighted by molar-refractivity contribution is 5.99. The summed E-state index contributed by atoms with van der Waals surface area (Å²) >= 11 is 0. The van der Waals surface area contributed by atoms with Crippen molar-refractivity contribution in [2.24, 2.45) is 5.73 Å². The van der Waals surface area contributed by atoms with Gasteiger partial charge >= 0.3 is 6.18 Å². The van der Waals surface area contributed by atoms with E-state index in [0.29, 0.717) is 0 Å². The predicted octanol–water partition coefficient (Wildman–Crippen LogP) is 3.10. The number of allylic oxidation sites excluding steroid dienone is 2. The van der Waals surface area contributed by atoms with Gasteiger partial charge in [0.05, 0.1) is 17.1 Å². The lowest BCUT2D eigenvalue weighted by atomic mass is 9.78. The number of nitriles is 1. The SMILES string of the molecule is C[C@H]1CC(=O)C2=C(OC(N)=C(C#N)[C@@H]2c2ccccc2C(F)(F)F)O1. The van der Waals surface area contributed by atoms with Crippen molar-refractivity contribution < 1.29 is 27.4 Å². The quantitative estimate of drug-likeness (QED) is 0.841. The molecule has 130 valence electrons. The molecule has 0 bridgehead atoms. The van der Waals surface area contributed by atoms with Gasteiger partial charge in [0.25, 0.3) is 5.95 Å². The van der Waals surface area contributed by atoms with Crippen LogP contribution in [0.5, 0.6) is 0 Å². The van der Waals surface area contributed by atoms with Gasteiger partial charge in [-0.05, 0) is 18.6 Å². The molecule has 8 heteroatoms. The second-order valence-corrected chi connectivity index (χ2v) is 5.77. The van der Waals surface area contributed by atoms with Crippen LogP contribution in [0.3, 0.4) is 0 Å². The Morgan fingerprint density at radius 1 is 1.32 bits per heavy atom. The molecule has 0 saturated carbocycles. The molecule has 1 aromatic rings. The summed E-state index contributed by atoms with van der Waals surface area (Å²) in [5, 5.41) is 9.39. The number of carbonyl (C=O) groups is 1. The molecule has 0 unspecified atom stereocenters. The fraction of sp³-hybridized carbons (Fsp3) is 0.294. The minimum atomic E-state index is -4.66. The molecule has 2 atom stereocenters. The third-order valence-electron chi connectivity index (χ3n) is 4.04. The molecule has 1 aromatic carbocycles. The Bertz CT molecular complexity index is 849. The van der Waals surface area contributed by atoms with Gasteiger partial charge in [-0.25, -0.2) is 0 Å². The highest BCUT2D eigenvalue weighted by Gasteiger charge is 2.44. The van der Waals surface area contributed by atoms with Gasteiger partial charge in [0, 0.05) is 6.42 Å². The topological polar surface area (TPSA) is 85.3 Å². The first-order valence-electron chi connectivity index (χ1n) is 7.41. The Hall–Kier alpha value is -2.95. The molecule has 0 saturated heterocycles. The molecule has 0 spiro atoms. The van der Waals surface area contributed by atoms with Gasteiger partial charge in [0.15, 0.2) is 5.78 Å². The number of ketones is 1. The number of benzene rings is 1. The van der Waals surface area contributed by atoms with E-state index in [9.17, 15) is 23.2 Å². The lowest BCUT2D eigenvalue weighted by molar-refractivity contribution is -0.138. The number of hydrogen-bond acceptors (Lipinski definition) is 5. The third kappa shape index (κ3) is 2.82. The van der Waals surface area contributed by atoms with Crippen LogP contribution in [-0.4, -0.2) is 11.9 Å². The summed E-state index contributed by atoms with van der Waals surface area (Å²) < 4.78 is 50.9. The molecular weight excluding hydrogens is 337 g/mol. The van der Waals surface area contributed by atoms with Gasteiger partial charge < -0.3 is 15.2 Å². The van der Waals surface area contributed by atoms with E-state index < -0.39 is 29.5 Å². The van der Waals surface area contributed by atoms with Gasteiger partial charge in [0.2, 0.25) is 5.88 Å². The summed E-state index contributed by atoms with van der Waals surface area (Å²) in [6.07, 6.45) is -5.18. The molecule has 0 amide bonds. The molecule has 3 rings (SSSR count). The van der Waals surface area contributed by atoms with E-state index in [1.807, 2.05) is 0 Å². The lowest BCUT2D eigenvalue weighted by Crippen LogP contribution is -2.33. The van der Waals surface area contributed by atoms with E-state index in [1.165, 1.54) is 18.2 Å². The number of rotatable bonds is 1. The number of Topliss-reactive ketones (excluding diaryl/α,β-unsaturated/α-hetero) is 1. The zero-order chi connectivity index (χ0) is 18.4. The van der Waals surface area contributed by atoms with Crippen LogP contribution >= 0.6 is 0 Å². The Labute approximate surface area is 141 Å². The average Bonchev–Trinajstić information content (AvgIpc) is 2.52.